The van der Waals surface area contributed by atoms with Gasteiger partial charge in [-0.15, -0.1) is 0 Å². The topological polar surface area (TPSA) is 62.5 Å². The van der Waals surface area contributed by atoms with Crippen molar-refractivity contribution in [1.82, 2.24) is 14.8 Å². The van der Waals surface area contributed by atoms with Gasteiger partial charge in [0.25, 0.3) is 5.91 Å². The Morgan fingerprint density at radius 2 is 2.22 bits per heavy atom. The van der Waals surface area contributed by atoms with E-state index < -0.39 is 0 Å². The van der Waals surface area contributed by atoms with Gasteiger partial charge in [0.1, 0.15) is 0 Å². The Bertz CT molecular complexity index is 421. The van der Waals surface area contributed by atoms with Crippen LogP contribution in [-0.4, -0.2) is 53.9 Å². The molecule has 0 atom stereocenters. The third-order valence-corrected chi connectivity index (χ3v) is 3.28. The maximum atomic E-state index is 12.4. The van der Waals surface area contributed by atoms with Crippen molar-refractivity contribution in [3.8, 4) is 0 Å². The molecule has 0 bridgehead atoms. The molecule has 0 unspecified atom stereocenters. The molecule has 1 fully saturated rings. The molecule has 2 rings (SSSR count). The first kappa shape index (κ1) is 13.0. The molecule has 2 N–H and O–H groups in total. The van der Waals surface area contributed by atoms with E-state index in [0.717, 1.165) is 38.3 Å². The highest BCUT2D eigenvalue weighted by Crippen LogP contribution is 2.09. The van der Waals surface area contributed by atoms with E-state index in [0.29, 0.717) is 12.1 Å². The van der Waals surface area contributed by atoms with Crippen LogP contribution in [0.5, 0.6) is 0 Å². The highest BCUT2D eigenvalue weighted by Gasteiger charge is 2.18. The SMILES string of the molecule is CN1CCCN(C(=O)c2ccnc(CN)c2)CC1. The summed E-state index contributed by atoms with van der Waals surface area (Å²) in [6.45, 7) is 3.96. The van der Waals surface area contributed by atoms with Crippen LogP contribution in [0.25, 0.3) is 0 Å². The summed E-state index contributed by atoms with van der Waals surface area (Å²) in [6, 6.07) is 3.55. The van der Waals surface area contributed by atoms with E-state index in [4.69, 9.17) is 5.73 Å². The van der Waals surface area contributed by atoms with E-state index >= 15 is 0 Å². The zero-order chi connectivity index (χ0) is 13.0. The molecular weight excluding hydrogens is 228 g/mol. The molecular formula is C13H20N4O. The van der Waals surface area contributed by atoms with Crippen LogP contribution in [-0.2, 0) is 6.54 Å². The summed E-state index contributed by atoms with van der Waals surface area (Å²) < 4.78 is 0. The van der Waals surface area contributed by atoms with Crippen LogP contribution in [0.3, 0.4) is 0 Å². The van der Waals surface area contributed by atoms with Crippen LogP contribution in [0.2, 0.25) is 0 Å². The van der Waals surface area contributed by atoms with Crippen molar-refractivity contribution < 1.29 is 4.79 Å². The fourth-order valence-electron chi connectivity index (χ4n) is 2.16. The Hall–Kier alpha value is -1.46. The zero-order valence-corrected chi connectivity index (χ0v) is 10.8. The lowest BCUT2D eigenvalue weighted by Gasteiger charge is -2.20. The van der Waals surface area contributed by atoms with E-state index in [1.807, 2.05) is 4.90 Å². The molecule has 1 aromatic rings. The summed E-state index contributed by atoms with van der Waals surface area (Å²) in [5, 5.41) is 0. The van der Waals surface area contributed by atoms with E-state index in [1.54, 1.807) is 18.3 Å². The molecule has 5 nitrogen and oxygen atoms in total. The second kappa shape index (κ2) is 5.93. The predicted octanol–water partition coefficient (Wildman–Crippen LogP) is 0.318. The first-order chi connectivity index (χ1) is 8.70. The Morgan fingerprint density at radius 1 is 1.39 bits per heavy atom. The van der Waals surface area contributed by atoms with Gasteiger partial charge in [0.15, 0.2) is 0 Å². The third-order valence-electron chi connectivity index (χ3n) is 3.28. The average molecular weight is 248 g/mol. The number of likely N-dealkylation sites (N-methyl/N-ethyl adjacent to an activating group) is 1. The second-order valence-electron chi connectivity index (χ2n) is 4.69. The van der Waals surface area contributed by atoms with Crippen molar-refractivity contribution in [2.45, 2.75) is 13.0 Å². The van der Waals surface area contributed by atoms with Crippen LogP contribution in [0.15, 0.2) is 18.3 Å². The van der Waals surface area contributed by atoms with E-state index in [9.17, 15) is 4.79 Å². The lowest BCUT2D eigenvalue weighted by molar-refractivity contribution is 0.0762. The van der Waals surface area contributed by atoms with Crippen LogP contribution in [0, 0.1) is 0 Å². The minimum atomic E-state index is 0.0856. The number of hydrogen-bond donors (Lipinski definition) is 1. The van der Waals surface area contributed by atoms with Crippen molar-refractivity contribution in [3.63, 3.8) is 0 Å². The van der Waals surface area contributed by atoms with Crippen LogP contribution >= 0.6 is 0 Å². The summed E-state index contributed by atoms with van der Waals surface area (Å²) in [5.41, 5.74) is 6.99. The molecule has 1 aromatic heterocycles. The molecule has 0 saturated carbocycles. The number of nitrogens with two attached hydrogens (primary N) is 1. The van der Waals surface area contributed by atoms with Gasteiger partial charge in [-0.1, -0.05) is 0 Å². The van der Waals surface area contributed by atoms with Gasteiger partial charge in [-0.3, -0.25) is 9.78 Å². The van der Waals surface area contributed by atoms with Gasteiger partial charge in [0.05, 0.1) is 5.69 Å². The first-order valence-corrected chi connectivity index (χ1v) is 6.33. The van der Waals surface area contributed by atoms with Gasteiger partial charge in [-0.05, 0) is 32.1 Å². The van der Waals surface area contributed by atoms with Crippen molar-refractivity contribution in [1.29, 1.82) is 0 Å². The molecule has 2 heterocycles. The maximum Gasteiger partial charge on any atom is 0.254 e. The number of aromatic nitrogens is 1. The maximum absolute atomic E-state index is 12.4. The number of carbonyl (C=O) groups is 1. The molecule has 5 heteroatoms. The number of hydrogen-bond acceptors (Lipinski definition) is 4. The summed E-state index contributed by atoms with van der Waals surface area (Å²) in [6.07, 6.45) is 2.68. The molecule has 98 valence electrons. The number of pyridine rings is 1. The molecule has 18 heavy (non-hydrogen) atoms. The zero-order valence-electron chi connectivity index (χ0n) is 10.8. The number of nitrogens with zero attached hydrogens (tertiary/aromatic N) is 3. The summed E-state index contributed by atoms with van der Waals surface area (Å²) >= 11 is 0. The van der Waals surface area contributed by atoms with E-state index in [-0.39, 0.29) is 5.91 Å². The molecule has 1 aliphatic heterocycles. The molecule has 0 spiro atoms. The molecule has 0 radical (unpaired) electrons. The molecule has 0 aromatic carbocycles. The highest BCUT2D eigenvalue weighted by atomic mass is 16.2. The summed E-state index contributed by atoms with van der Waals surface area (Å²) in [5.74, 6) is 0.0856. The van der Waals surface area contributed by atoms with Gasteiger partial charge in [-0.2, -0.15) is 0 Å². The molecule has 1 aliphatic rings. The lowest BCUT2D eigenvalue weighted by atomic mass is 10.2. The fourth-order valence-corrected chi connectivity index (χ4v) is 2.16. The van der Waals surface area contributed by atoms with Crippen LogP contribution in [0.1, 0.15) is 22.5 Å². The smallest absolute Gasteiger partial charge is 0.254 e. The quantitative estimate of drug-likeness (QED) is 0.818. The van der Waals surface area contributed by atoms with Crippen molar-refractivity contribution in [3.05, 3.63) is 29.6 Å². The summed E-state index contributed by atoms with van der Waals surface area (Å²) in [7, 11) is 2.09. The van der Waals surface area contributed by atoms with Gasteiger partial charge in [0.2, 0.25) is 0 Å². The number of carbonyl (C=O) groups excluding carboxylic acids is 1. The van der Waals surface area contributed by atoms with Gasteiger partial charge in [-0.25, -0.2) is 0 Å². The predicted molar refractivity (Wildman–Crippen MR) is 70.1 cm³/mol. The molecule has 1 amide bonds. The van der Waals surface area contributed by atoms with Gasteiger partial charge in [0, 0.05) is 37.9 Å². The Morgan fingerprint density at radius 3 is 3.00 bits per heavy atom. The largest absolute Gasteiger partial charge is 0.337 e. The normalized spacial score (nSPS) is 17.6. The fraction of sp³-hybridized carbons (Fsp3) is 0.538. The van der Waals surface area contributed by atoms with Gasteiger partial charge < -0.3 is 15.5 Å². The van der Waals surface area contributed by atoms with E-state index in [1.165, 1.54) is 0 Å². The first-order valence-electron chi connectivity index (χ1n) is 6.33. The lowest BCUT2D eigenvalue weighted by Crippen LogP contribution is -2.34. The second-order valence-corrected chi connectivity index (χ2v) is 4.69. The van der Waals surface area contributed by atoms with Gasteiger partial charge >= 0.3 is 0 Å². The summed E-state index contributed by atoms with van der Waals surface area (Å²) in [4.78, 5) is 20.6. The van der Waals surface area contributed by atoms with E-state index in [2.05, 4.69) is 16.9 Å². The van der Waals surface area contributed by atoms with Crippen molar-refractivity contribution in [2.75, 3.05) is 33.2 Å². The standard InChI is InChI=1S/C13H20N4O/c1-16-5-2-6-17(8-7-16)13(18)11-3-4-15-12(9-11)10-14/h3-4,9H,2,5-8,10,14H2,1H3. The Labute approximate surface area is 108 Å². The Balaban J connectivity index is 2.09. The van der Waals surface area contributed by atoms with Crippen molar-refractivity contribution in [2.24, 2.45) is 5.73 Å². The van der Waals surface area contributed by atoms with Crippen LogP contribution < -0.4 is 5.73 Å². The molecule has 1 saturated heterocycles. The number of rotatable bonds is 2. The number of amides is 1. The monoisotopic (exact) mass is 248 g/mol. The minimum absolute atomic E-state index is 0.0856. The minimum Gasteiger partial charge on any atom is -0.337 e. The molecule has 0 aliphatic carbocycles. The Kier molecular flexibility index (Phi) is 4.28. The average Bonchev–Trinajstić information content (AvgIpc) is 2.63. The van der Waals surface area contributed by atoms with Crippen LogP contribution in [0.4, 0.5) is 0 Å². The highest BCUT2D eigenvalue weighted by molar-refractivity contribution is 5.94. The third kappa shape index (κ3) is 3.05. The van der Waals surface area contributed by atoms with Crippen molar-refractivity contribution >= 4 is 5.91 Å².